The zero-order chi connectivity index (χ0) is 13.4. The Morgan fingerprint density at radius 3 is 2.79 bits per heavy atom. The quantitative estimate of drug-likeness (QED) is 0.885. The van der Waals surface area contributed by atoms with E-state index in [0.717, 1.165) is 32.6 Å². The van der Waals surface area contributed by atoms with Crippen LogP contribution >= 0.6 is 0 Å². The van der Waals surface area contributed by atoms with E-state index in [1.54, 1.807) is 12.1 Å². The second-order valence-corrected chi connectivity index (χ2v) is 5.35. The Labute approximate surface area is 112 Å². The van der Waals surface area contributed by atoms with Crippen LogP contribution in [-0.4, -0.2) is 37.1 Å². The summed E-state index contributed by atoms with van der Waals surface area (Å²) >= 11 is 0. The van der Waals surface area contributed by atoms with Crippen molar-refractivity contribution >= 4 is 5.69 Å². The van der Waals surface area contributed by atoms with Gasteiger partial charge in [0.25, 0.3) is 0 Å². The first-order valence-electron chi connectivity index (χ1n) is 6.86. The predicted octanol–water partition coefficient (Wildman–Crippen LogP) is 1.71. The lowest BCUT2D eigenvalue weighted by Gasteiger charge is -2.39. The van der Waals surface area contributed by atoms with E-state index < -0.39 is 11.6 Å². The highest BCUT2D eigenvalue weighted by molar-refractivity contribution is 5.50. The number of hydrogen-bond donors (Lipinski definition) is 1. The first-order valence-corrected chi connectivity index (χ1v) is 6.86. The Kier molecular flexibility index (Phi) is 3.41. The summed E-state index contributed by atoms with van der Waals surface area (Å²) in [6, 6.07) is 3.74. The highest BCUT2D eigenvalue weighted by Gasteiger charge is 2.31. The van der Waals surface area contributed by atoms with Crippen LogP contribution in [0.5, 0.6) is 0 Å². The maximum atomic E-state index is 14.1. The smallest absolute Gasteiger partial charge is 0.182 e. The van der Waals surface area contributed by atoms with Gasteiger partial charge in [-0.3, -0.25) is 4.90 Å². The van der Waals surface area contributed by atoms with Crippen LogP contribution < -0.4 is 10.6 Å². The maximum absolute atomic E-state index is 14.1. The number of hydrogen-bond acceptors (Lipinski definition) is 3. The van der Waals surface area contributed by atoms with Crippen LogP contribution in [0.1, 0.15) is 18.4 Å². The van der Waals surface area contributed by atoms with E-state index in [2.05, 4.69) is 4.90 Å². The minimum absolute atomic E-state index is 0.0272. The molecule has 0 aromatic heterocycles. The Hall–Kier alpha value is -1.20. The van der Waals surface area contributed by atoms with Gasteiger partial charge in [0.1, 0.15) is 0 Å². The van der Waals surface area contributed by atoms with Gasteiger partial charge in [0.2, 0.25) is 0 Å². The van der Waals surface area contributed by atoms with Crippen molar-refractivity contribution in [3.8, 4) is 0 Å². The van der Waals surface area contributed by atoms with Crippen LogP contribution in [0.15, 0.2) is 12.1 Å². The third-order valence-electron chi connectivity index (χ3n) is 4.29. The van der Waals surface area contributed by atoms with E-state index in [-0.39, 0.29) is 12.1 Å². The summed E-state index contributed by atoms with van der Waals surface area (Å²) in [4.78, 5) is 4.41. The highest BCUT2D eigenvalue weighted by atomic mass is 19.2. The van der Waals surface area contributed by atoms with E-state index in [4.69, 9.17) is 5.73 Å². The highest BCUT2D eigenvalue weighted by Crippen LogP contribution is 2.29. The fourth-order valence-corrected chi connectivity index (χ4v) is 3.19. The lowest BCUT2D eigenvalue weighted by Crippen LogP contribution is -2.50. The topological polar surface area (TPSA) is 32.5 Å². The fraction of sp³-hybridized carbons (Fsp3) is 0.571. The molecule has 2 N–H and O–H groups in total. The number of benzene rings is 1. The van der Waals surface area contributed by atoms with Gasteiger partial charge >= 0.3 is 0 Å². The van der Waals surface area contributed by atoms with Crippen molar-refractivity contribution in [1.29, 1.82) is 0 Å². The minimum atomic E-state index is -0.797. The Balaban J connectivity index is 1.84. The van der Waals surface area contributed by atoms with E-state index >= 15 is 0 Å². The molecule has 2 saturated heterocycles. The van der Waals surface area contributed by atoms with E-state index in [0.29, 0.717) is 11.7 Å². The number of nitrogens with zero attached hydrogens (tertiary/aromatic N) is 2. The molecule has 0 aliphatic carbocycles. The molecule has 1 aromatic rings. The zero-order valence-electron chi connectivity index (χ0n) is 10.9. The molecule has 104 valence electrons. The molecular formula is C14H19F2N3. The number of halogens is 2. The summed E-state index contributed by atoms with van der Waals surface area (Å²) in [7, 11) is 0. The number of piperazine rings is 1. The van der Waals surface area contributed by atoms with Gasteiger partial charge in [-0.05, 0) is 25.5 Å². The van der Waals surface area contributed by atoms with Gasteiger partial charge in [0.05, 0.1) is 5.69 Å². The average molecular weight is 267 g/mol. The molecule has 0 bridgehead atoms. The van der Waals surface area contributed by atoms with Crippen LogP contribution in [0.4, 0.5) is 14.5 Å². The SMILES string of the molecule is NCc1ccc(N2CCN3CCCC3C2)c(F)c1F. The molecule has 1 atom stereocenters. The molecule has 3 rings (SSSR count). The first kappa shape index (κ1) is 12.8. The molecule has 2 fully saturated rings. The van der Waals surface area contributed by atoms with Crippen molar-refractivity contribution < 1.29 is 8.78 Å². The molecule has 2 heterocycles. The van der Waals surface area contributed by atoms with Crippen molar-refractivity contribution in [3.63, 3.8) is 0 Å². The van der Waals surface area contributed by atoms with Gasteiger partial charge in [-0.25, -0.2) is 8.78 Å². The number of nitrogens with two attached hydrogens (primary N) is 1. The summed E-state index contributed by atoms with van der Waals surface area (Å²) < 4.78 is 27.9. The van der Waals surface area contributed by atoms with Crippen molar-refractivity contribution in [1.82, 2.24) is 4.90 Å². The molecular weight excluding hydrogens is 248 g/mol. The van der Waals surface area contributed by atoms with Gasteiger partial charge in [-0.1, -0.05) is 6.07 Å². The van der Waals surface area contributed by atoms with Gasteiger partial charge < -0.3 is 10.6 Å². The molecule has 1 unspecified atom stereocenters. The van der Waals surface area contributed by atoms with Gasteiger partial charge in [0.15, 0.2) is 11.6 Å². The molecule has 0 saturated carbocycles. The Morgan fingerprint density at radius 2 is 2.00 bits per heavy atom. The molecule has 2 aliphatic heterocycles. The summed E-state index contributed by atoms with van der Waals surface area (Å²) in [5.74, 6) is -1.55. The zero-order valence-corrected chi connectivity index (χ0v) is 10.9. The predicted molar refractivity (Wildman–Crippen MR) is 71.1 cm³/mol. The lowest BCUT2D eigenvalue weighted by molar-refractivity contribution is 0.230. The normalized spacial score (nSPS) is 23.7. The van der Waals surface area contributed by atoms with Crippen LogP contribution in [0.25, 0.3) is 0 Å². The van der Waals surface area contributed by atoms with Crippen LogP contribution in [0, 0.1) is 11.6 Å². The summed E-state index contributed by atoms with van der Waals surface area (Å²) in [6.07, 6.45) is 2.36. The van der Waals surface area contributed by atoms with Gasteiger partial charge in [-0.2, -0.15) is 0 Å². The lowest BCUT2D eigenvalue weighted by atomic mass is 10.1. The van der Waals surface area contributed by atoms with Gasteiger partial charge in [-0.15, -0.1) is 0 Å². The Morgan fingerprint density at radius 1 is 1.16 bits per heavy atom. The number of rotatable bonds is 2. The maximum Gasteiger partial charge on any atom is 0.182 e. The second-order valence-electron chi connectivity index (χ2n) is 5.35. The fourth-order valence-electron chi connectivity index (χ4n) is 3.19. The standard InChI is InChI=1S/C14H19F2N3/c15-13-10(8-17)3-4-12(14(13)16)19-7-6-18-5-1-2-11(18)9-19/h3-4,11H,1-2,5-9,17H2. The van der Waals surface area contributed by atoms with Crippen molar-refractivity contribution in [2.45, 2.75) is 25.4 Å². The van der Waals surface area contributed by atoms with Crippen molar-refractivity contribution in [3.05, 3.63) is 29.3 Å². The van der Waals surface area contributed by atoms with E-state index in [9.17, 15) is 8.78 Å². The molecule has 0 amide bonds. The third kappa shape index (κ3) is 2.21. The summed E-state index contributed by atoms with van der Waals surface area (Å²) in [5.41, 5.74) is 6.00. The molecule has 2 aliphatic rings. The van der Waals surface area contributed by atoms with Crippen LogP contribution in [0.3, 0.4) is 0 Å². The Bertz CT molecular complexity index is 478. The van der Waals surface area contributed by atoms with Gasteiger partial charge in [0, 0.05) is 37.8 Å². The largest absolute Gasteiger partial charge is 0.366 e. The van der Waals surface area contributed by atoms with E-state index in [1.807, 2.05) is 4.90 Å². The first-order chi connectivity index (χ1) is 9.20. The van der Waals surface area contributed by atoms with Crippen LogP contribution in [-0.2, 0) is 6.54 Å². The minimum Gasteiger partial charge on any atom is -0.366 e. The summed E-state index contributed by atoms with van der Waals surface area (Å²) in [6.45, 7) is 3.65. The molecule has 0 spiro atoms. The molecule has 1 aromatic carbocycles. The number of anilines is 1. The average Bonchev–Trinajstić information content (AvgIpc) is 2.89. The monoisotopic (exact) mass is 267 g/mol. The second kappa shape index (κ2) is 5.06. The molecule has 3 nitrogen and oxygen atoms in total. The van der Waals surface area contributed by atoms with Crippen molar-refractivity contribution in [2.24, 2.45) is 5.73 Å². The van der Waals surface area contributed by atoms with E-state index in [1.165, 1.54) is 6.42 Å². The molecule has 0 radical (unpaired) electrons. The molecule has 19 heavy (non-hydrogen) atoms. The molecule has 5 heteroatoms. The van der Waals surface area contributed by atoms with Crippen molar-refractivity contribution in [2.75, 3.05) is 31.1 Å². The van der Waals surface area contributed by atoms with Crippen LogP contribution in [0.2, 0.25) is 0 Å². The number of fused-ring (bicyclic) bond motifs is 1. The third-order valence-corrected chi connectivity index (χ3v) is 4.29. The summed E-state index contributed by atoms with van der Waals surface area (Å²) in [5, 5.41) is 0.